The van der Waals surface area contributed by atoms with Gasteiger partial charge in [0, 0.05) is 26.6 Å². The molecule has 0 atom stereocenters. The number of benzene rings is 2. The fourth-order valence-corrected chi connectivity index (χ4v) is 2.59. The van der Waals surface area contributed by atoms with E-state index in [1.54, 1.807) is 11.0 Å². The highest BCUT2D eigenvalue weighted by atomic mass is 19.1. The Labute approximate surface area is 147 Å². The number of nitrogens with zero attached hydrogens (tertiary/aromatic N) is 1. The second kappa shape index (κ2) is 9.57. The summed E-state index contributed by atoms with van der Waals surface area (Å²) in [6.07, 6.45) is 1.75. The molecule has 0 aliphatic rings. The van der Waals surface area contributed by atoms with E-state index in [-0.39, 0.29) is 18.0 Å². The maximum Gasteiger partial charge on any atom is 0.254 e. The fourth-order valence-electron chi connectivity index (χ4n) is 2.59. The lowest BCUT2D eigenvalue weighted by molar-refractivity contribution is -0.128. The van der Waals surface area contributed by atoms with E-state index in [1.807, 2.05) is 18.2 Å². The second-order valence-corrected chi connectivity index (χ2v) is 5.83. The molecule has 0 aromatic heterocycles. The number of rotatable bonds is 8. The first kappa shape index (κ1) is 18.6. The van der Waals surface area contributed by atoms with Gasteiger partial charge in [-0.2, -0.15) is 0 Å². The van der Waals surface area contributed by atoms with Crippen molar-refractivity contribution in [1.82, 2.24) is 10.2 Å². The molecule has 0 saturated heterocycles. The van der Waals surface area contributed by atoms with Crippen molar-refractivity contribution in [2.75, 3.05) is 19.6 Å². The van der Waals surface area contributed by atoms with Crippen LogP contribution in [0.1, 0.15) is 29.3 Å². The van der Waals surface area contributed by atoms with Crippen molar-refractivity contribution in [3.63, 3.8) is 0 Å². The zero-order valence-corrected chi connectivity index (χ0v) is 14.4. The molecule has 5 heteroatoms. The zero-order valence-electron chi connectivity index (χ0n) is 14.4. The van der Waals surface area contributed by atoms with E-state index >= 15 is 0 Å². The van der Waals surface area contributed by atoms with E-state index in [1.165, 1.54) is 30.7 Å². The Morgan fingerprint density at radius 1 is 1.00 bits per heavy atom. The number of aryl methyl sites for hydroxylation is 1. The smallest absolute Gasteiger partial charge is 0.254 e. The summed E-state index contributed by atoms with van der Waals surface area (Å²) in [5.74, 6) is -1.05. The fraction of sp³-hybridized carbons (Fsp3) is 0.300. The molecule has 4 nitrogen and oxygen atoms in total. The summed E-state index contributed by atoms with van der Waals surface area (Å²) in [6.45, 7) is 2.84. The van der Waals surface area contributed by atoms with Crippen LogP contribution in [0.25, 0.3) is 0 Å². The molecule has 2 aromatic carbocycles. The van der Waals surface area contributed by atoms with Crippen molar-refractivity contribution in [2.24, 2.45) is 0 Å². The maximum absolute atomic E-state index is 13.6. The highest BCUT2D eigenvalue weighted by molar-refractivity contribution is 5.94. The molecule has 0 fully saturated rings. The van der Waals surface area contributed by atoms with Gasteiger partial charge >= 0.3 is 0 Å². The summed E-state index contributed by atoms with van der Waals surface area (Å²) in [4.78, 5) is 25.4. The molecular weight excluding hydrogens is 319 g/mol. The number of nitrogens with one attached hydrogen (secondary N) is 1. The summed E-state index contributed by atoms with van der Waals surface area (Å²) >= 11 is 0. The zero-order chi connectivity index (χ0) is 18.1. The first-order valence-corrected chi connectivity index (χ1v) is 8.40. The summed E-state index contributed by atoms with van der Waals surface area (Å²) in [5, 5.41) is 2.66. The van der Waals surface area contributed by atoms with Gasteiger partial charge < -0.3 is 10.2 Å². The lowest BCUT2D eigenvalue weighted by Crippen LogP contribution is -2.38. The monoisotopic (exact) mass is 342 g/mol. The van der Waals surface area contributed by atoms with E-state index in [4.69, 9.17) is 0 Å². The Kier molecular flexibility index (Phi) is 7.14. The van der Waals surface area contributed by atoms with Crippen LogP contribution in [0.2, 0.25) is 0 Å². The van der Waals surface area contributed by atoms with Gasteiger partial charge in [-0.25, -0.2) is 4.39 Å². The minimum atomic E-state index is -0.550. The van der Waals surface area contributed by atoms with Crippen molar-refractivity contribution >= 4 is 11.8 Å². The molecule has 25 heavy (non-hydrogen) atoms. The Morgan fingerprint density at radius 2 is 1.68 bits per heavy atom. The van der Waals surface area contributed by atoms with Crippen LogP contribution < -0.4 is 5.32 Å². The van der Waals surface area contributed by atoms with Crippen LogP contribution in [0.5, 0.6) is 0 Å². The van der Waals surface area contributed by atoms with Crippen LogP contribution in [-0.2, 0) is 11.2 Å². The molecule has 0 unspecified atom stereocenters. The van der Waals surface area contributed by atoms with Crippen molar-refractivity contribution < 1.29 is 14.0 Å². The van der Waals surface area contributed by atoms with Crippen LogP contribution in [-0.4, -0.2) is 36.3 Å². The van der Waals surface area contributed by atoms with Gasteiger partial charge in [0.1, 0.15) is 5.82 Å². The Bertz CT molecular complexity index is 704. The molecule has 0 aliphatic heterocycles. The van der Waals surface area contributed by atoms with Crippen molar-refractivity contribution in [1.29, 1.82) is 0 Å². The number of carbonyl (C=O) groups excluding carboxylic acids is 2. The van der Waals surface area contributed by atoms with Gasteiger partial charge in [0.25, 0.3) is 5.91 Å². The average Bonchev–Trinajstić information content (AvgIpc) is 2.61. The SMILES string of the molecule is CC(=O)N(CCCc1ccccc1)CCNC(=O)c1ccccc1F. The molecule has 0 saturated carbocycles. The molecule has 0 spiro atoms. The molecular formula is C20H23FN2O2. The minimum Gasteiger partial charge on any atom is -0.350 e. The largest absolute Gasteiger partial charge is 0.350 e. The molecule has 0 bridgehead atoms. The third kappa shape index (κ3) is 6.03. The number of hydrogen-bond acceptors (Lipinski definition) is 2. The molecule has 0 radical (unpaired) electrons. The lowest BCUT2D eigenvalue weighted by Gasteiger charge is -2.21. The van der Waals surface area contributed by atoms with E-state index < -0.39 is 11.7 Å². The molecule has 0 aliphatic carbocycles. The topological polar surface area (TPSA) is 49.4 Å². The molecule has 132 valence electrons. The quantitative estimate of drug-likeness (QED) is 0.802. The van der Waals surface area contributed by atoms with Gasteiger partial charge in [0.2, 0.25) is 5.91 Å². The highest BCUT2D eigenvalue weighted by Crippen LogP contribution is 2.06. The predicted molar refractivity (Wildman–Crippen MR) is 95.8 cm³/mol. The highest BCUT2D eigenvalue weighted by Gasteiger charge is 2.12. The van der Waals surface area contributed by atoms with Crippen molar-refractivity contribution in [2.45, 2.75) is 19.8 Å². The first-order chi connectivity index (χ1) is 12.1. The lowest BCUT2D eigenvalue weighted by atomic mass is 10.1. The summed E-state index contributed by atoms with van der Waals surface area (Å²) < 4.78 is 13.6. The second-order valence-electron chi connectivity index (χ2n) is 5.83. The predicted octanol–water partition coefficient (Wildman–Crippen LogP) is 3.04. The molecule has 2 aromatic rings. The average molecular weight is 342 g/mol. The van der Waals surface area contributed by atoms with E-state index in [2.05, 4.69) is 17.4 Å². The number of halogens is 1. The van der Waals surface area contributed by atoms with Crippen LogP contribution in [0, 0.1) is 5.82 Å². The van der Waals surface area contributed by atoms with Gasteiger partial charge in [-0.15, -0.1) is 0 Å². The van der Waals surface area contributed by atoms with Gasteiger partial charge in [-0.1, -0.05) is 42.5 Å². The third-order valence-electron chi connectivity index (χ3n) is 3.97. The minimum absolute atomic E-state index is 0.0148. The maximum atomic E-state index is 13.6. The molecule has 2 rings (SSSR count). The van der Waals surface area contributed by atoms with Crippen molar-refractivity contribution in [3.05, 3.63) is 71.5 Å². The van der Waals surface area contributed by atoms with E-state index in [0.29, 0.717) is 13.1 Å². The molecule has 2 amide bonds. The van der Waals surface area contributed by atoms with Crippen molar-refractivity contribution in [3.8, 4) is 0 Å². The Balaban J connectivity index is 1.76. The standard InChI is InChI=1S/C20H23FN2O2/c1-16(24)23(14-7-10-17-8-3-2-4-9-17)15-13-22-20(25)18-11-5-6-12-19(18)21/h2-6,8-9,11-12H,7,10,13-15H2,1H3,(H,22,25). The number of hydrogen-bond donors (Lipinski definition) is 1. The van der Waals surface area contributed by atoms with Gasteiger partial charge in [-0.3, -0.25) is 9.59 Å². The van der Waals surface area contributed by atoms with E-state index in [9.17, 15) is 14.0 Å². The Hall–Kier alpha value is -2.69. The van der Waals surface area contributed by atoms with E-state index in [0.717, 1.165) is 12.8 Å². The first-order valence-electron chi connectivity index (χ1n) is 8.40. The molecule has 1 N–H and O–H groups in total. The van der Waals surface area contributed by atoms with Crippen LogP contribution in [0.15, 0.2) is 54.6 Å². The molecule has 0 heterocycles. The van der Waals surface area contributed by atoms with Gasteiger partial charge in [-0.05, 0) is 30.5 Å². The number of carbonyl (C=O) groups is 2. The van der Waals surface area contributed by atoms with Crippen LogP contribution >= 0.6 is 0 Å². The van der Waals surface area contributed by atoms with Crippen LogP contribution in [0.4, 0.5) is 4.39 Å². The third-order valence-corrected chi connectivity index (χ3v) is 3.97. The van der Waals surface area contributed by atoms with Gasteiger partial charge in [0.05, 0.1) is 5.56 Å². The summed E-state index contributed by atoms with van der Waals surface area (Å²) in [5.41, 5.74) is 1.25. The Morgan fingerprint density at radius 3 is 2.36 bits per heavy atom. The summed E-state index contributed by atoms with van der Waals surface area (Å²) in [7, 11) is 0. The van der Waals surface area contributed by atoms with Gasteiger partial charge in [0.15, 0.2) is 0 Å². The normalized spacial score (nSPS) is 10.3. The van der Waals surface area contributed by atoms with Crippen LogP contribution in [0.3, 0.4) is 0 Å². The summed E-state index contributed by atoms with van der Waals surface area (Å²) in [6, 6.07) is 15.9. The number of amides is 2.